The summed E-state index contributed by atoms with van der Waals surface area (Å²) >= 11 is 0. The first-order chi connectivity index (χ1) is 26.8. The van der Waals surface area contributed by atoms with Crippen LogP contribution in [0.25, 0.3) is 120 Å². The summed E-state index contributed by atoms with van der Waals surface area (Å²) in [5.41, 5.74) is 7.93. The molecule has 13 rings (SSSR count). The van der Waals surface area contributed by atoms with Gasteiger partial charge in [0.15, 0.2) is 5.82 Å². The molecule has 0 bridgehead atoms. The minimum Gasteiger partial charge on any atom is -0.307 e. The first-order valence-corrected chi connectivity index (χ1v) is 18.5. The van der Waals surface area contributed by atoms with Gasteiger partial charge in [0.05, 0.1) is 33.1 Å². The average Bonchev–Trinajstić information content (AvgIpc) is 3.87. The fourth-order valence-electron chi connectivity index (χ4n) is 9.49. The number of hydrogen-bond donors (Lipinski definition) is 0. The van der Waals surface area contributed by atoms with Crippen molar-refractivity contribution in [3.8, 4) is 17.2 Å². The van der Waals surface area contributed by atoms with Crippen molar-refractivity contribution in [2.24, 2.45) is 0 Å². The highest BCUT2D eigenvalue weighted by atomic mass is 15.1. The van der Waals surface area contributed by atoms with Crippen LogP contribution < -0.4 is 0 Å². The largest absolute Gasteiger partial charge is 0.307 e. The van der Waals surface area contributed by atoms with Crippen LogP contribution in [0.1, 0.15) is 0 Å². The van der Waals surface area contributed by atoms with Gasteiger partial charge in [-0.3, -0.25) is 4.57 Å². The van der Waals surface area contributed by atoms with E-state index < -0.39 is 0 Å². The van der Waals surface area contributed by atoms with E-state index in [1.165, 1.54) is 86.7 Å². The summed E-state index contributed by atoms with van der Waals surface area (Å²) in [7, 11) is 0. The van der Waals surface area contributed by atoms with Gasteiger partial charge in [-0.1, -0.05) is 133 Å². The standard InChI is InChI=1S/C50H28N4/c1-3-13-33-29(11-1)21-22-31-27-32(24-25-34(31)33)49-51-42-18-8-5-17-38(42)50(52-49)54-44-20-10-7-16-37(44)41-28-40-36-15-6-9-19-43(36)53-46-35-14-4-2-12-30(35)23-26-39(46)45(47(40)53)48(41)54/h1-28H. The van der Waals surface area contributed by atoms with E-state index in [0.29, 0.717) is 5.82 Å². The molecule has 0 saturated carbocycles. The minimum atomic E-state index is 0.711. The van der Waals surface area contributed by atoms with E-state index in [9.17, 15) is 0 Å². The normalized spacial score (nSPS) is 12.4. The highest BCUT2D eigenvalue weighted by Crippen LogP contribution is 2.48. The van der Waals surface area contributed by atoms with Gasteiger partial charge >= 0.3 is 0 Å². The van der Waals surface area contributed by atoms with E-state index in [-0.39, 0.29) is 0 Å². The molecule has 248 valence electrons. The third-order valence-corrected chi connectivity index (χ3v) is 11.8. The first-order valence-electron chi connectivity index (χ1n) is 18.5. The lowest BCUT2D eigenvalue weighted by Gasteiger charge is -2.14. The summed E-state index contributed by atoms with van der Waals surface area (Å²) in [4.78, 5) is 10.8. The highest BCUT2D eigenvalue weighted by molar-refractivity contribution is 6.36. The Morgan fingerprint density at radius 2 is 0.944 bits per heavy atom. The second-order valence-corrected chi connectivity index (χ2v) is 14.5. The van der Waals surface area contributed by atoms with Gasteiger partial charge in [0, 0.05) is 48.7 Å². The molecule has 0 spiro atoms. The number of rotatable bonds is 2. The lowest BCUT2D eigenvalue weighted by atomic mass is 10.00. The van der Waals surface area contributed by atoms with Gasteiger partial charge in [-0.15, -0.1) is 0 Å². The van der Waals surface area contributed by atoms with Crippen molar-refractivity contribution in [3.05, 3.63) is 170 Å². The summed E-state index contributed by atoms with van der Waals surface area (Å²) < 4.78 is 4.94. The zero-order valence-electron chi connectivity index (χ0n) is 29.0. The van der Waals surface area contributed by atoms with E-state index in [1.807, 2.05) is 0 Å². The molecule has 0 aliphatic heterocycles. The molecule has 4 heterocycles. The number of benzene rings is 9. The second kappa shape index (κ2) is 10.2. The van der Waals surface area contributed by atoms with Gasteiger partial charge in [-0.25, -0.2) is 9.97 Å². The van der Waals surface area contributed by atoms with Crippen LogP contribution in [-0.2, 0) is 0 Å². The molecule has 0 amide bonds. The molecule has 54 heavy (non-hydrogen) atoms. The molecule has 4 nitrogen and oxygen atoms in total. The lowest BCUT2D eigenvalue weighted by molar-refractivity contribution is 1.08. The van der Waals surface area contributed by atoms with Crippen LogP contribution in [-0.4, -0.2) is 18.9 Å². The zero-order chi connectivity index (χ0) is 35.1. The summed E-state index contributed by atoms with van der Waals surface area (Å²) in [5, 5.41) is 15.9. The Balaban J connectivity index is 1.21. The van der Waals surface area contributed by atoms with Crippen LogP contribution in [0.5, 0.6) is 0 Å². The molecule has 0 aliphatic rings. The minimum absolute atomic E-state index is 0.711. The Morgan fingerprint density at radius 1 is 0.352 bits per heavy atom. The molecular formula is C50H28N4. The third kappa shape index (κ3) is 3.57. The van der Waals surface area contributed by atoms with Crippen molar-refractivity contribution in [1.82, 2.24) is 18.9 Å². The maximum atomic E-state index is 5.55. The zero-order valence-corrected chi connectivity index (χ0v) is 29.0. The Bertz CT molecular complexity index is 3740. The molecule has 0 unspecified atom stereocenters. The van der Waals surface area contributed by atoms with Crippen LogP contribution in [0.15, 0.2) is 170 Å². The van der Waals surface area contributed by atoms with Gasteiger partial charge < -0.3 is 4.40 Å². The van der Waals surface area contributed by atoms with E-state index in [1.54, 1.807) is 0 Å². The van der Waals surface area contributed by atoms with Gasteiger partial charge in [-0.05, 0) is 63.3 Å². The summed E-state index contributed by atoms with van der Waals surface area (Å²) in [5.74, 6) is 1.59. The molecule has 0 fully saturated rings. The van der Waals surface area contributed by atoms with Crippen molar-refractivity contribution < 1.29 is 0 Å². The fraction of sp³-hybridized carbons (Fsp3) is 0. The van der Waals surface area contributed by atoms with E-state index in [2.05, 4.69) is 179 Å². The molecule has 0 radical (unpaired) electrons. The van der Waals surface area contributed by atoms with Crippen LogP contribution in [0, 0.1) is 0 Å². The average molecular weight is 685 g/mol. The molecule has 0 aliphatic carbocycles. The molecule has 0 N–H and O–H groups in total. The maximum Gasteiger partial charge on any atom is 0.162 e. The van der Waals surface area contributed by atoms with Gasteiger partial charge in [0.25, 0.3) is 0 Å². The monoisotopic (exact) mass is 684 g/mol. The number of aromatic nitrogens is 4. The molecular weight excluding hydrogens is 657 g/mol. The van der Waals surface area contributed by atoms with E-state index >= 15 is 0 Å². The first kappa shape index (κ1) is 28.3. The second-order valence-electron chi connectivity index (χ2n) is 14.5. The molecule has 13 aromatic rings. The molecule has 4 heteroatoms. The van der Waals surface area contributed by atoms with Crippen molar-refractivity contribution in [3.63, 3.8) is 0 Å². The van der Waals surface area contributed by atoms with Crippen molar-refractivity contribution >= 4 is 103 Å². The highest BCUT2D eigenvalue weighted by Gasteiger charge is 2.26. The SMILES string of the molecule is c1ccc2c(c1)ccc1cc(-c3nc(-n4c5ccccc5c5cc6c7ccccc7n7c8c9ccccc9ccc8c(c54)c67)c4ccccc4n3)ccc12. The van der Waals surface area contributed by atoms with Crippen molar-refractivity contribution in [2.75, 3.05) is 0 Å². The van der Waals surface area contributed by atoms with E-state index in [4.69, 9.17) is 9.97 Å². The number of fused-ring (bicyclic) bond motifs is 16. The molecule has 0 saturated heterocycles. The van der Waals surface area contributed by atoms with Crippen LogP contribution in [0.3, 0.4) is 0 Å². The smallest absolute Gasteiger partial charge is 0.162 e. The van der Waals surface area contributed by atoms with Crippen LogP contribution in [0.2, 0.25) is 0 Å². The van der Waals surface area contributed by atoms with Gasteiger partial charge in [0.2, 0.25) is 0 Å². The summed E-state index contributed by atoms with van der Waals surface area (Å²) in [6.07, 6.45) is 0. The van der Waals surface area contributed by atoms with Crippen LogP contribution >= 0.6 is 0 Å². The number of hydrogen-bond acceptors (Lipinski definition) is 2. The summed E-state index contributed by atoms with van der Waals surface area (Å²) in [6.45, 7) is 0. The Morgan fingerprint density at radius 3 is 1.80 bits per heavy atom. The predicted octanol–water partition coefficient (Wildman–Crippen LogP) is 13.0. The molecule has 4 aromatic heterocycles. The van der Waals surface area contributed by atoms with E-state index in [0.717, 1.165) is 27.8 Å². The molecule has 9 aromatic carbocycles. The summed E-state index contributed by atoms with van der Waals surface area (Å²) in [6, 6.07) is 61.6. The number of para-hydroxylation sites is 3. The van der Waals surface area contributed by atoms with Crippen molar-refractivity contribution in [1.29, 1.82) is 0 Å². The maximum absolute atomic E-state index is 5.55. The van der Waals surface area contributed by atoms with Gasteiger partial charge in [-0.2, -0.15) is 0 Å². The number of nitrogens with zero attached hydrogens (tertiary/aromatic N) is 4. The van der Waals surface area contributed by atoms with Gasteiger partial charge in [0.1, 0.15) is 5.82 Å². The third-order valence-electron chi connectivity index (χ3n) is 11.8. The Kier molecular flexibility index (Phi) is 5.34. The fourth-order valence-corrected chi connectivity index (χ4v) is 9.49. The predicted molar refractivity (Wildman–Crippen MR) is 226 cm³/mol. The van der Waals surface area contributed by atoms with Crippen molar-refractivity contribution in [2.45, 2.75) is 0 Å². The molecule has 0 atom stereocenters. The quantitative estimate of drug-likeness (QED) is 0.170. The Labute approximate surface area is 308 Å². The Hall–Kier alpha value is -7.30. The lowest BCUT2D eigenvalue weighted by Crippen LogP contribution is -2.03. The topological polar surface area (TPSA) is 35.1 Å². The van der Waals surface area contributed by atoms with Crippen LogP contribution in [0.4, 0.5) is 0 Å².